The lowest BCUT2D eigenvalue weighted by Crippen LogP contribution is -2.12. The maximum absolute atomic E-state index is 11.8. The molecule has 0 bridgehead atoms. The zero-order valence-corrected chi connectivity index (χ0v) is 9.28. The number of hydrogen-bond acceptors (Lipinski definition) is 5. The molecule has 0 radical (unpaired) electrons. The number of amides is 1. The molecule has 1 heterocycles. The molecule has 0 fully saturated rings. The van der Waals surface area contributed by atoms with Crippen molar-refractivity contribution in [2.24, 2.45) is 0 Å². The van der Waals surface area contributed by atoms with E-state index in [-0.39, 0.29) is 11.7 Å². The number of aromatic hydroxyl groups is 1. The van der Waals surface area contributed by atoms with E-state index >= 15 is 0 Å². The summed E-state index contributed by atoms with van der Waals surface area (Å²) in [6, 6.07) is 4.82. The van der Waals surface area contributed by atoms with E-state index in [9.17, 15) is 9.90 Å². The molecule has 0 aliphatic rings. The average Bonchev–Trinajstić information content (AvgIpc) is 2.74. The Morgan fingerprint density at radius 3 is 3.00 bits per heavy atom. The van der Waals surface area contributed by atoms with Gasteiger partial charge in [0.05, 0.1) is 6.20 Å². The molecule has 0 atom stereocenters. The van der Waals surface area contributed by atoms with Crippen LogP contribution in [-0.4, -0.2) is 20.6 Å². The van der Waals surface area contributed by atoms with Gasteiger partial charge in [0.1, 0.15) is 10.8 Å². The normalized spacial score (nSPS) is 10.1. The topological polar surface area (TPSA) is 75.1 Å². The van der Waals surface area contributed by atoms with Crippen LogP contribution in [0.1, 0.15) is 15.9 Å². The molecule has 2 N–H and O–H groups in total. The molecular formula is C10H9N3O2S. The molecule has 1 aromatic carbocycles. The van der Waals surface area contributed by atoms with Crippen molar-refractivity contribution in [3.63, 3.8) is 0 Å². The number of benzene rings is 1. The van der Waals surface area contributed by atoms with Gasteiger partial charge in [-0.25, -0.2) is 0 Å². The van der Waals surface area contributed by atoms with Gasteiger partial charge in [-0.15, -0.1) is 5.10 Å². The maximum Gasteiger partial charge on any atom is 0.256 e. The number of hydrogen-bond donors (Lipinski definition) is 2. The van der Waals surface area contributed by atoms with E-state index < -0.39 is 0 Å². The summed E-state index contributed by atoms with van der Waals surface area (Å²) >= 11 is 1.10. The van der Waals surface area contributed by atoms with Crippen molar-refractivity contribution in [3.05, 3.63) is 35.5 Å². The van der Waals surface area contributed by atoms with Crippen LogP contribution in [0, 0.1) is 6.92 Å². The van der Waals surface area contributed by atoms with Crippen LogP contribution in [0.25, 0.3) is 0 Å². The third kappa shape index (κ3) is 2.01. The molecule has 0 saturated heterocycles. The molecule has 0 aliphatic carbocycles. The first-order valence-electron chi connectivity index (χ1n) is 4.56. The second-order valence-electron chi connectivity index (χ2n) is 3.19. The van der Waals surface area contributed by atoms with Gasteiger partial charge in [-0.2, -0.15) is 0 Å². The molecule has 0 saturated carbocycles. The molecule has 1 amide bonds. The van der Waals surface area contributed by atoms with Crippen LogP contribution in [0.2, 0.25) is 0 Å². The van der Waals surface area contributed by atoms with Gasteiger partial charge in [-0.3, -0.25) is 4.79 Å². The van der Waals surface area contributed by atoms with Crippen LogP contribution in [0.15, 0.2) is 24.4 Å². The lowest BCUT2D eigenvalue weighted by atomic mass is 10.1. The maximum atomic E-state index is 11.8. The summed E-state index contributed by atoms with van der Waals surface area (Å²) in [6.45, 7) is 1.69. The van der Waals surface area contributed by atoms with Crippen molar-refractivity contribution in [1.29, 1.82) is 0 Å². The second-order valence-corrected chi connectivity index (χ2v) is 3.97. The number of rotatable bonds is 2. The van der Waals surface area contributed by atoms with E-state index in [1.54, 1.807) is 25.1 Å². The lowest BCUT2D eigenvalue weighted by molar-refractivity contribution is 0.102. The van der Waals surface area contributed by atoms with Crippen LogP contribution in [0.5, 0.6) is 5.75 Å². The highest BCUT2D eigenvalue weighted by molar-refractivity contribution is 7.10. The zero-order valence-electron chi connectivity index (χ0n) is 8.47. The van der Waals surface area contributed by atoms with E-state index in [1.807, 2.05) is 0 Å². The third-order valence-corrected chi connectivity index (χ3v) is 2.73. The molecule has 82 valence electrons. The predicted octanol–water partition coefficient (Wildman–Crippen LogP) is 1.80. The zero-order chi connectivity index (χ0) is 11.5. The number of carbonyl (C=O) groups is 1. The van der Waals surface area contributed by atoms with Crippen LogP contribution < -0.4 is 5.32 Å². The SMILES string of the molecule is Cc1c(O)cccc1C(=O)Nc1cnns1. The minimum atomic E-state index is -0.278. The van der Waals surface area contributed by atoms with E-state index in [2.05, 4.69) is 14.9 Å². The van der Waals surface area contributed by atoms with E-state index in [0.29, 0.717) is 16.1 Å². The quantitative estimate of drug-likeness (QED) is 0.832. The van der Waals surface area contributed by atoms with Gasteiger partial charge in [0.25, 0.3) is 5.91 Å². The Morgan fingerprint density at radius 2 is 2.31 bits per heavy atom. The lowest BCUT2D eigenvalue weighted by Gasteiger charge is -2.06. The van der Waals surface area contributed by atoms with Gasteiger partial charge in [0.2, 0.25) is 0 Å². The Labute approximate surface area is 95.9 Å². The Bertz CT molecular complexity index is 511. The monoisotopic (exact) mass is 235 g/mol. The van der Waals surface area contributed by atoms with Crippen LogP contribution >= 0.6 is 11.5 Å². The smallest absolute Gasteiger partial charge is 0.256 e. The van der Waals surface area contributed by atoms with Crippen LogP contribution in [0.4, 0.5) is 5.00 Å². The molecule has 6 heteroatoms. The Kier molecular flexibility index (Phi) is 2.82. The molecule has 5 nitrogen and oxygen atoms in total. The summed E-state index contributed by atoms with van der Waals surface area (Å²) in [7, 11) is 0. The highest BCUT2D eigenvalue weighted by atomic mass is 32.1. The fraction of sp³-hybridized carbons (Fsp3) is 0.100. The Morgan fingerprint density at radius 1 is 1.50 bits per heavy atom. The summed E-state index contributed by atoms with van der Waals surface area (Å²) in [5, 5.41) is 16.3. The van der Waals surface area contributed by atoms with Crippen LogP contribution in [-0.2, 0) is 0 Å². The third-order valence-electron chi connectivity index (χ3n) is 2.15. The highest BCUT2D eigenvalue weighted by Gasteiger charge is 2.12. The molecular weight excluding hydrogens is 226 g/mol. The molecule has 1 aromatic heterocycles. The van der Waals surface area contributed by atoms with Crippen molar-refractivity contribution in [1.82, 2.24) is 9.59 Å². The summed E-state index contributed by atoms with van der Waals surface area (Å²) in [6.07, 6.45) is 1.47. The van der Waals surface area contributed by atoms with E-state index in [4.69, 9.17) is 0 Å². The summed E-state index contributed by atoms with van der Waals surface area (Å²) in [4.78, 5) is 11.8. The van der Waals surface area contributed by atoms with Gasteiger partial charge in [-0.05, 0) is 19.1 Å². The number of phenolic OH excluding ortho intramolecular Hbond substituents is 1. The molecule has 2 rings (SSSR count). The van der Waals surface area contributed by atoms with Crippen molar-refractivity contribution >= 4 is 22.4 Å². The number of aromatic nitrogens is 2. The highest BCUT2D eigenvalue weighted by Crippen LogP contribution is 2.21. The predicted molar refractivity (Wildman–Crippen MR) is 60.7 cm³/mol. The van der Waals surface area contributed by atoms with Crippen molar-refractivity contribution in [2.75, 3.05) is 5.32 Å². The fourth-order valence-electron chi connectivity index (χ4n) is 1.27. The molecule has 0 unspecified atom stereocenters. The van der Waals surface area contributed by atoms with Gasteiger partial charge < -0.3 is 10.4 Å². The Hall–Kier alpha value is -1.95. The van der Waals surface area contributed by atoms with Crippen molar-refractivity contribution in [3.8, 4) is 5.75 Å². The minimum Gasteiger partial charge on any atom is -0.508 e. The molecule has 0 spiro atoms. The van der Waals surface area contributed by atoms with Gasteiger partial charge in [0, 0.05) is 22.7 Å². The molecule has 0 aliphatic heterocycles. The van der Waals surface area contributed by atoms with Crippen molar-refractivity contribution < 1.29 is 9.90 Å². The first-order valence-corrected chi connectivity index (χ1v) is 5.33. The van der Waals surface area contributed by atoms with E-state index in [0.717, 1.165) is 11.5 Å². The number of anilines is 1. The first kappa shape index (κ1) is 10.6. The Balaban J connectivity index is 2.24. The number of nitrogens with zero attached hydrogens (tertiary/aromatic N) is 2. The molecule has 16 heavy (non-hydrogen) atoms. The van der Waals surface area contributed by atoms with Gasteiger partial charge >= 0.3 is 0 Å². The van der Waals surface area contributed by atoms with E-state index in [1.165, 1.54) is 6.20 Å². The number of nitrogens with one attached hydrogen (secondary N) is 1. The standard InChI is InChI=1S/C10H9N3O2S/c1-6-7(3-2-4-8(6)14)10(15)12-9-5-11-13-16-9/h2-5,14H,1H3,(H,12,15). The van der Waals surface area contributed by atoms with Crippen LogP contribution in [0.3, 0.4) is 0 Å². The fourth-order valence-corrected chi connectivity index (χ4v) is 1.69. The summed E-state index contributed by atoms with van der Waals surface area (Å²) in [5.41, 5.74) is 0.992. The van der Waals surface area contributed by atoms with Crippen molar-refractivity contribution in [2.45, 2.75) is 6.92 Å². The molecule has 2 aromatic rings. The second kappa shape index (κ2) is 4.28. The first-order chi connectivity index (χ1) is 7.68. The largest absolute Gasteiger partial charge is 0.508 e. The summed E-state index contributed by atoms with van der Waals surface area (Å²) in [5.74, 6) is -0.172. The van der Waals surface area contributed by atoms with Gasteiger partial charge in [0.15, 0.2) is 0 Å². The number of carbonyl (C=O) groups excluding carboxylic acids is 1. The summed E-state index contributed by atoms with van der Waals surface area (Å²) < 4.78 is 3.64. The minimum absolute atomic E-state index is 0.107. The average molecular weight is 235 g/mol. The van der Waals surface area contributed by atoms with Gasteiger partial charge in [-0.1, -0.05) is 10.6 Å². The number of phenols is 1.